The predicted molar refractivity (Wildman–Crippen MR) is 43.4 cm³/mol. The summed E-state index contributed by atoms with van der Waals surface area (Å²) in [4.78, 5) is 0.828. The van der Waals surface area contributed by atoms with Gasteiger partial charge in [0.25, 0.3) is 0 Å². The summed E-state index contributed by atoms with van der Waals surface area (Å²) in [7, 11) is 1.34. The van der Waals surface area contributed by atoms with Crippen LogP contribution in [0.3, 0.4) is 0 Å². The van der Waals surface area contributed by atoms with Gasteiger partial charge in [-0.05, 0) is 15.9 Å². The van der Waals surface area contributed by atoms with E-state index in [0.29, 0.717) is 0 Å². The molecule has 0 aromatic carbocycles. The Morgan fingerprint density at radius 1 is 1.43 bits per heavy atom. The zero-order chi connectivity index (χ0) is 10.1. The fraction of sp³-hybridized carbons (Fsp3) is 0.500. The van der Waals surface area contributed by atoms with E-state index < -0.39 is 12.6 Å². The van der Waals surface area contributed by atoms with Gasteiger partial charge in [-0.2, -0.15) is 9.90 Å². The van der Waals surface area contributed by atoms with Gasteiger partial charge in [0.15, 0.2) is 6.73 Å². The normalized spacial score (nSPS) is 11.2. The van der Waals surface area contributed by atoms with Crippen LogP contribution in [0.2, 0.25) is 0 Å². The molecule has 0 fully saturated rings. The summed E-state index contributed by atoms with van der Waals surface area (Å²) in [6.07, 6.45) is 0. The van der Waals surface area contributed by atoms with Crippen molar-refractivity contribution < 1.29 is 69.1 Å². The van der Waals surface area contributed by atoms with Crippen LogP contribution >= 0.6 is 15.9 Å². The Morgan fingerprint density at radius 3 is 2.36 bits per heavy atom. The van der Waals surface area contributed by atoms with E-state index in [1.54, 1.807) is 0 Å². The molecule has 0 amide bonds. The second-order valence-corrected chi connectivity index (χ2v) is 2.99. The Kier molecular flexibility index (Phi) is 6.42. The molecule has 0 aliphatic heterocycles. The summed E-state index contributed by atoms with van der Waals surface area (Å²) in [5, 5.41) is 6.67. The van der Waals surface area contributed by atoms with E-state index in [4.69, 9.17) is 0 Å². The minimum atomic E-state index is -5.12. The molecule has 0 radical (unpaired) electrons. The smallest absolute Gasteiger partial charge is 0.444 e. The molecule has 0 atom stereocenters. The predicted octanol–water partition coefficient (Wildman–Crippen LogP) is -2.30. The molecule has 0 spiro atoms. The molecule has 0 aliphatic carbocycles. The Labute approximate surface area is 129 Å². The van der Waals surface area contributed by atoms with Crippen LogP contribution in [-0.2, 0) is 11.5 Å². The van der Waals surface area contributed by atoms with Crippen molar-refractivity contribution in [2.24, 2.45) is 0 Å². The summed E-state index contributed by atoms with van der Waals surface area (Å²) >= 11 is 2.67. The van der Waals surface area contributed by atoms with Gasteiger partial charge < -0.3 is 17.7 Å². The molecule has 0 bridgehead atoms. The van der Waals surface area contributed by atoms with Crippen molar-refractivity contribution in [3.63, 3.8) is 0 Å². The van der Waals surface area contributed by atoms with Crippen LogP contribution in [0.5, 0.6) is 0 Å². The van der Waals surface area contributed by atoms with Crippen molar-refractivity contribution in [2.75, 3.05) is 7.11 Å². The van der Waals surface area contributed by atoms with E-state index in [1.807, 2.05) is 0 Å². The van der Waals surface area contributed by atoms with Crippen molar-refractivity contribution in [3.05, 3.63) is 4.60 Å². The maximum atomic E-state index is 12.2. The Balaban J connectivity index is 0.00000169. The third-order valence-electron chi connectivity index (χ3n) is 1.19. The van der Waals surface area contributed by atoms with Gasteiger partial charge >= 0.3 is 58.4 Å². The third-order valence-corrected chi connectivity index (χ3v) is 1.76. The average Bonchev–Trinajstić information content (AvgIpc) is 2.30. The van der Waals surface area contributed by atoms with Crippen LogP contribution in [0.25, 0.3) is 0 Å². The van der Waals surface area contributed by atoms with Gasteiger partial charge in [-0.1, -0.05) is 0 Å². The molecule has 10 heteroatoms. The van der Waals surface area contributed by atoms with Crippen LogP contribution in [0, 0.1) is 0 Å². The van der Waals surface area contributed by atoms with E-state index in [0.717, 1.165) is 4.80 Å². The molecule has 0 N–H and O–H groups in total. The van der Waals surface area contributed by atoms with E-state index in [9.17, 15) is 12.9 Å². The molecule has 0 saturated heterocycles. The number of rotatable bonds is 3. The van der Waals surface area contributed by atoms with Crippen molar-refractivity contribution in [1.29, 1.82) is 0 Å². The average molecular weight is 298 g/mol. The van der Waals surface area contributed by atoms with Gasteiger partial charge in [0.05, 0.1) is 0 Å². The minimum Gasteiger partial charge on any atom is -0.444 e. The first-order valence-corrected chi connectivity index (χ1v) is 4.04. The molecule has 0 saturated carbocycles. The second-order valence-electron chi connectivity index (χ2n) is 2.24. The van der Waals surface area contributed by atoms with Gasteiger partial charge in [0.1, 0.15) is 4.60 Å². The molecule has 1 aromatic heterocycles. The first kappa shape index (κ1) is 15.1. The van der Waals surface area contributed by atoms with E-state index in [2.05, 4.69) is 30.9 Å². The zero-order valence-corrected chi connectivity index (χ0v) is 12.3. The number of methoxy groups -OCH3 is 1. The summed E-state index contributed by atoms with van der Waals surface area (Å²) in [6, 6.07) is 0. The van der Waals surface area contributed by atoms with E-state index in [1.165, 1.54) is 7.11 Å². The monoisotopic (exact) mass is 297 g/mol. The minimum absolute atomic E-state index is 0. The molecule has 1 aromatic rings. The fourth-order valence-corrected chi connectivity index (χ4v) is 1.24. The van der Waals surface area contributed by atoms with Crippen molar-refractivity contribution in [1.82, 2.24) is 15.0 Å². The number of nitrogens with zero attached hydrogens (tertiary/aromatic N) is 3. The Bertz CT molecular complexity index is 307. The zero-order valence-electron chi connectivity index (χ0n) is 7.55. The second kappa shape index (κ2) is 5.97. The molecule has 14 heavy (non-hydrogen) atoms. The van der Waals surface area contributed by atoms with E-state index >= 15 is 0 Å². The first-order chi connectivity index (χ1) is 5.95. The van der Waals surface area contributed by atoms with Gasteiger partial charge in [0.2, 0.25) is 0 Å². The topological polar surface area (TPSA) is 39.9 Å². The molecular weight excluding hydrogens is 293 g/mol. The number of aromatic nitrogens is 3. The summed E-state index contributed by atoms with van der Waals surface area (Å²) < 4.78 is 40.8. The number of ether oxygens (including phenoxy) is 1. The maximum Gasteiger partial charge on any atom is 1.00 e. The summed E-state index contributed by atoms with van der Waals surface area (Å²) in [6.45, 7) is -5.23. The first-order valence-electron chi connectivity index (χ1n) is 3.24. The van der Waals surface area contributed by atoms with Gasteiger partial charge in [-0.25, -0.2) is 0 Å². The van der Waals surface area contributed by atoms with Gasteiger partial charge in [-0.3, -0.25) is 0 Å². The van der Waals surface area contributed by atoms with Gasteiger partial charge in [-0.15, -0.1) is 5.10 Å². The largest absolute Gasteiger partial charge is 1.00 e. The SMILES string of the molecule is COCn1nc(Br)c([B-](F)(F)F)n1.[K+]. The Morgan fingerprint density at radius 2 is 2.00 bits per heavy atom. The van der Waals surface area contributed by atoms with Crippen molar-refractivity contribution >= 4 is 28.5 Å². The van der Waals surface area contributed by atoms with Crippen molar-refractivity contribution in [2.45, 2.75) is 6.73 Å². The standard InChI is InChI=1S/C4H5BBrF3N3O.K/c1-13-2-12-10-3(4(6)11-12)5(7,8)9;/h2H2,1H3;/q-1;+1. The molecule has 1 heterocycles. The molecule has 74 valence electrons. The number of hydrogen-bond donors (Lipinski definition) is 0. The van der Waals surface area contributed by atoms with E-state index in [-0.39, 0.29) is 62.7 Å². The third kappa shape index (κ3) is 3.91. The van der Waals surface area contributed by atoms with Crippen LogP contribution in [-0.4, -0.2) is 29.1 Å². The van der Waals surface area contributed by atoms with Gasteiger partial charge in [0, 0.05) is 12.7 Å². The molecule has 4 nitrogen and oxygen atoms in total. The van der Waals surface area contributed by atoms with Crippen LogP contribution in [0.4, 0.5) is 12.9 Å². The van der Waals surface area contributed by atoms with Crippen LogP contribution in [0.1, 0.15) is 0 Å². The maximum absolute atomic E-state index is 12.2. The van der Waals surface area contributed by atoms with Crippen LogP contribution in [0.15, 0.2) is 4.60 Å². The summed E-state index contributed by atoms with van der Waals surface area (Å²) in [5.41, 5.74) is -0.989. The summed E-state index contributed by atoms with van der Waals surface area (Å²) in [5.74, 6) is 0. The molecular formula is C4H5BBrF3KN3O. The molecule has 0 aliphatic rings. The van der Waals surface area contributed by atoms with Crippen molar-refractivity contribution in [3.8, 4) is 0 Å². The fourth-order valence-electron chi connectivity index (χ4n) is 0.714. The quantitative estimate of drug-likeness (QED) is 0.590. The van der Waals surface area contributed by atoms with Crippen LogP contribution < -0.4 is 57.0 Å². The molecule has 1 rings (SSSR count). The number of halogens is 4. The molecule has 0 unspecified atom stereocenters. The Hall–Kier alpha value is 1.07. The number of hydrogen-bond acceptors (Lipinski definition) is 3.